The van der Waals surface area contributed by atoms with Gasteiger partial charge in [-0.3, -0.25) is 4.79 Å². The van der Waals surface area contributed by atoms with Crippen LogP contribution in [0.1, 0.15) is 12.8 Å². The fourth-order valence-electron chi connectivity index (χ4n) is 2.79. The Morgan fingerprint density at radius 1 is 1.18 bits per heavy atom. The number of methoxy groups -OCH3 is 1. The largest absolute Gasteiger partial charge is 0.438 e. The summed E-state index contributed by atoms with van der Waals surface area (Å²) in [5, 5.41) is 6.89. The number of rotatable bonds is 5. The van der Waals surface area contributed by atoms with Gasteiger partial charge in [0.25, 0.3) is 5.91 Å². The molecule has 2 aromatic rings. The van der Waals surface area contributed by atoms with Crippen LogP contribution in [0.25, 0.3) is 0 Å². The van der Waals surface area contributed by atoms with Gasteiger partial charge in [0.05, 0.1) is 5.02 Å². The molecule has 1 aromatic heterocycles. The van der Waals surface area contributed by atoms with Gasteiger partial charge in [0, 0.05) is 19.0 Å². The van der Waals surface area contributed by atoms with Crippen molar-refractivity contribution in [1.82, 2.24) is 10.3 Å². The Labute approximate surface area is 186 Å². The third-order valence-electron chi connectivity index (χ3n) is 4.32. The maximum absolute atomic E-state index is 12.6. The summed E-state index contributed by atoms with van der Waals surface area (Å²) in [6, 6.07) is 8.51. The average molecular weight is 469 g/mol. The highest BCUT2D eigenvalue weighted by atomic mass is 35.5. The second-order valence-corrected chi connectivity index (χ2v) is 6.81. The van der Waals surface area contributed by atoms with Gasteiger partial charge in [-0.15, -0.1) is 24.8 Å². The summed E-state index contributed by atoms with van der Waals surface area (Å²) >= 11 is 11.9. The van der Waals surface area contributed by atoms with Gasteiger partial charge in [0.1, 0.15) is 16.4 Å². The van der Waals surface area contributed by atoms with E-state index < -0.39 is 5.60 Å². The van der Waals surface area contributed by atoms with E-state index in [0.29, 0.717) is 34.3 Å². The molecule has 0 radical (unpaired) electrons. The number of hydrogen-bond donors (Lipinski definition) is 2. The first kappa shape index (κ1) is 24.8. The van der Waals surface area contributed by atoms with Crippen LogP contribution in [0, 0.1) is 0 Å². The summed E-state index contributed by atoms with van der Waals surface area (Å²) in [5.41, 5.74) is -0.131. The van der Waals surface area contributed by atoms with Crippen LogP contribution < -0.4 is 15.4 Å². The molecule has 1 amide bonds. The van der Waals surface area contributed by atoms with Crippen molar-refractivity contribution in [3.05, 3.63) is 46.6 Å². The molecule has 6 nitrogen and oxygen atoms in total. The van der Waals surface area contributed by atoms with Crippen LogP contribution in [0.3, 0.4) is 0 Å². The van der Waals surface area contributed by atoms with Crippen LogP contribution in [-0.4, -0.2) is 36.7 Å². The summed E-state index contributed by atoms with van der Waals surface area (Å²) in [6.07, 6.45) is 2.73. The number of hydrogen-bond acceptors (Lipinski definition) is 5. The van der Waals surface area contributed by atoms with E-state index in [4.69, 9.17) is 32.7 Å². The normalized spacial score (nSPS) is 15.0. The Kier molecular flexibility index (Phi) is 9.77. The fourth-order valence-corrected chi connectivity index (χ4v) is 3.21. The molecule has 1 aromatic carbocycles. The summed E-state index contributed by atoms with van der Waals surface area (Å²) < 4.78 is 11.2. The van der Waals surface area contributed by atoms with Crippen LogP contribution in [0.15, 0.2) is 36.5 Å². The molecule has 0 atom stereocenters. The number of piperidine rings is 1. The lowest BCUT2D eigenvalue weighted by Crippen LogP contribution is -2.51. The van der Waals surface area contributed by atoms with Crippen molar-refractivity contribution in [1.29, 1.82) is 0 Å². The number of anilines is 1. The molecule has 1 aliphatic heterocycles. The number of halogens is 4. The number of amides is 1. The Morgan fingerprint density at radius 2 is 1.82 bits per heavy atom. The van der Waals surface area contributed by atoms with Crippen molar-refractivity contribution in [2.24, 2.45) is 0 Å². The number of nitrogens with one attached hydrogen (secondary N) is 2. The van der Waals surface area contributed by atoms with Crippen molar-refractivity contribution in [2.45, 2.75) is 18.4 Å². The zero-order valence-electron chi connectivity index (χ0n) is 15.0. The molecule has 1 fully saturated rings. The molecule has 1 saturated heterocycles. The summed E-state index contributed by atoms with van der Waals surface area (Å²) in [4.78, 5) is 16.7. The van der Waals surface area contributed by atoms with Crippen molar-refractivity contribution in [3.8, 4) is 11.6 Å². The number of carbonyl (C=O) groups is 1. The molecule has 0 bridgehead atoms. The SMILES string of the molecule is COC1(C(=O)Nc2ccc(Oc3ncc(Cl)cc3Cl)cc2)CCNCC1.Cl.Cl. The smallest absolute Gasteiger partial charge is 0.256 e. The van der Waals surface area contributed by atoms with Gasteiger partial charge in [-0.2, -0.15) is 0 Å². The number of carbonyl (C=O) groups excluding carboxylic acids is 1. The van der Waals surface area contributed by atoms with Gasteiger partial charge in [0.2, 0.25) is 5.88 Å². The summed E-state index contributed by atoms with van der Waals surface area (Å²) in [5.74, 6) is 0.668. The minimum atomic E-state index is -0.791. The standard InChI is InChI=1S/C18H19Cl2N3O3.2ClH/c1-25-18(6-8-21-9-7-18)17(24)23-13-2-4-14(5-3-13)26-16-15(20)10-12(19)11-22-16;;/h2-5,10-11,21H,6-9H2,1H3,(H,23,24);2*1H. The Hall–Kier alpha value is -1.28. The molecule has 0 aliphatic carbocycles. The van der Waals surface area contributed by atoms with E-state index in [1.807, 2.05) is 0 Å². The molecule has 154 valence electrons. The van der Waals surface area contributed by atoms with E-state index in [2.05, 4.69) is 15.6 Å². The number of benzene rings is 1. The monoisotopic (exact) mass is 467 g/mol. The van der Waals surface area contributed by atoms with Crippen molar-refractivity contribution in [3.63, 3.8) is 0 Å². The zero-order chi connectivity index (χ0) is 18.6. The molecule has 1 aliphatic rings. The summed E-state index contributed by atoms with van der Waals surface area (Å²) in [7, 11) is 1.57. The van der Waals surface area contributed by atoms with Crippen molar-refractivity contribution < 1.29 is 14.3 Å². The molecule has 3 rings (SSSR count). The van der Waals surface area contributed by atoms with E-state index in [-0.39, 0.29) is 36.6 Å². The highest BCUT2D eigenvalue weighted by Gasteiger charge is 2.39. The maximum Gasteiger partial charge on any atom is 0.256 e. The van der Waals surface area contributed by atoms with Crippen LogP contribution in [0.2, 0.25) is 10.0 Å². The maximum atomic E-state index is 12.6. The fraction of sp³-hybridized carbons (Fsp3) is 0.333. The van der Waals surface area contributed by atoms with Gasteiger partial charge < -0.3 is 20.1 Å². The Morgan fingerprint density at radius 3 is 2.39 bits per heavy atom. The second-order valence-electron chi connectivity index (χ2n) is 5.97. The third-order valence-corrected chi connectivity index (χ3v) is 4.79. The lowest BCUT2D eigenvalue weighted by molar-refractivity contribution is -0.140. The first-order valence-corrected chi connectivity index (χ1v) is 8.94. The summed E-state index contributed by atoms with van der Waals surface area (Å²) in [6.45, 7) is 1.51. The van der Waals surface area contributed by atoms with E-state index in [1.54, 1.807) is 37.4 Å². The molecule has 10 heteroatoms. The number of nitrogens with zero attached hydrogens (tertiary/aromatic N) is 1. The predicted molar refractivity (Wildman–Crippen MR) is 116 cm³/mol. The van der Waals surface area contributed by atoms with Crippen molar-refractivity contribution in [2.75, 3.05) is 25.5 Å². The van der Waals surface area contributed by atoms with Crippen LogP contribution in [-0.2, 0) is 9.53 Å². The van der Waals surface area contributed by atoms with E-state index in [9.17, 15) is 4.79 Å². The molecule has 28 heavy (non-hydrogen) atoms. The molecular formula is C18H21Cl4N3O3. The number of aromatic nitrogens is 1. The second kappa shape index (κ2) is 11.0. The highest BCUT2D eigenvalue weighted by molar-refractivity contribution is 6.35. The van der Waals surface area contributed by atoms with Crippen molar-refractivity contribution >= 4 is 59.6 Å². The molecule has 0 spiro atoms. The molecular weight excluding hydrogens is 448 g/mol. The average Bonchev–Trinajstić information content (AvgIpc) is 2.66. The van der Waals surface area contributed by atoms with E-state index in [0.717, 1.165) is 13.1 Å². The Bertz CT molecular complexity index is 784. The van der Waals surface area contributed by atoms with Crippen LogP contribution in [0.5, 0.6) is 11.6 Å². The lowest BCUT2D eigenvalue weighted by atomic mass is 9.91. The minimum Gasteiger partial charge on any atom is -0.438 e. The topological polar surface area (TPSA) is 72.5 Å². The molecule has 2 N–H and O–H groups in total. The first-order valence-electron chi connectivity index (χ1n) is 8.19. The highest BCUT2D eigenvalue weighted by Crippen LogP contribution is 2.30. The Balaban J connectivity index is 0.00000196. The minimum absolute atomic E-state index is 0. The van der Waals surface area contributed by atoms with Gasteiger partial charge >= 0.3 is 0 Å². The third kappa shape index (κ3) is 5.86. The molecule has 0 saturated carbocycles. The van der Waals surface area contributed by atoms with E-state index in [1.165, 1.54) is 6.20 Å². The van der Waals surface area contributed by atoms with Gasteiger partial charge in [0.15, 0.2) is 0 Å². The predicted octanol–water partition coefficient (Wildman–Crippen LogP) is 4.73. The number of pyridine rings is 1. The zero-order valence-corrected chi connectivity index (χ0v) is 18.2. The van der Waals surface area contributed by atoms with Gasteiger partial charge in [-0.1, -0.05) is 23.2 Å². The van der Waals surface area contributed by atoms with Crippen LogP contribution in [0.4, 0.5) is 5.69 Å². The lowest BCUT2D eigenvalue weighted by Gasteiger charge is -2.34. The molecule has 0 unspecified atom stereocenters. The number of ether oxygens (including phenoxy) is 2. The van der Waals surface area contributed by atoms with Gasteiger partial charge in [-0.25, -0.2) is 4.98 Å². The van der Waals surface area contributed by atoms with Gasteiger partial charge in [-0.05, 0) is 56.3 Å². The van der Waals surface area contributed by atoms with Crippen LogP contribution >= 0.6 is 48.0 Å². The quantitative estimate of drug-likeness (QED) is 0.663. The molecule has 2 heterocycles. The first-order chi connectivity index (χ1) is 12.5. The van der Waals surface area contributed by atoms with E-state index >= 15 is 0 Å².